The van der Waals surface area contributed by atoms with Crippen LogP contribution in [0, 0.1) is 0 Å². The lowest BCUT2D eigenvalue weighted by Gasteiger charge is -2.28. The lowest BCUT2D eigenvalue weighted by atomic mass is 10.2. The number of hydrogen-bond acceptors (Lipinski definition) is 26. The van der Waals surface area contributed by atoms with Crippen LogP contribution in [0.3, 0.4) is 0 Å². The Bertz CT molecular complexity index is 1530. The molecule has 1 N–H and O–H groups in total. The molecule has 31 nitrogen and oxygen atoms in total. The van der Waals surface area contributed by atoms with E-state index in [4.69, 9.17) is 109 Å². The van der Waals surface area contributed by atoms with Crippen LogP contribution in [0.5, 0.6) is 0 Å². The van der Waals surface area contributed by atoms with Crippen LogP contribution >= 0.6 is 11.6 Å². The average Bonchev–Trinajstić information content (AvgIpc) is 3.73. The van der Waals surface area contributed by atoms with E-state index in [2.05, 4.69) is 69.6 Å². The number of azide groups is 2. The van der Waals surface area contributed by atoms with Gasteiger partial charge in [0, 0.05) is 169 Å². The molecule has 0 atom stereocenters. The number of halogens is 1. The number of amides is 1. The molecular weight excluding hydrogens is 1230 g/mol. The fraction of sp³-hybridized carbons (Fsp3) is 0.960. The van der Waals surface area contributed by atoms with Gasteiger partial charge in [0.1, 0.15) is 13.2 Å². The zero-order valence-corrected chi connectivity index (χ0v) is 59.9. The van der Waals surface area contributed by atoms with Crippen LogP contribution in [0.2, 0.25) is 24.2 Å². The van der Waals surface area contributed by atoms with Crippen LogP contribution in [0.25, 0.3) is 20.9 Å². The van der Waals surface area contributed by atoms with Crippen molar-refractivity contribution >= 4 is 58.3 Å². The maximum atomic E-state index is 12.8. The van der Waals surface area contributed by atoms with Crippen molar-refractivity contribution in [3.8, 4) is 0 Å². The van der Waals surface area contributed by atoms with Gasteiger partial charge in [-0.25, -0.2) is 9.59 Å². The van der Waals surface area contributed by atoms with Gasteiger partial charge >= 0.3 is 46.7 Å². The molecule has 0 bridgehead atoms. The molecule has 0 rings (SSSR count). The predicted octanol–water partition coefficient (Wildman–Crippen LogP) is 7.28. The molecule has 0 aromatic rings. The number of carbonyl (C=O) groups is 2. The van der Waals surface area contributed by atoms with Gasteiger partial charge in [0.2, 0.25) is 0 Å². The van der Waals surface area contributed by atoms with Crippen molar-refractivity contribution in [1.82, 2.24) is 15.1 Å². The monoisotopic (exact) mass is 1340 g/mol. The van der Waals surface area contributed by atoms with Crippen LogP contribution in [-0.4, -0.2) is 292 Å². The molecule has 0 aromatic carbocycles. The lowest BCUT2D eigenvalue weighted by molar-refractivity contribution is 0.00393. The molecule has 1 amide bonds. The highest BCUT2D eigenvalue weighted by Crippen LogP contribution is 2.19. The second kappa shape index (κ2) is 62.9. The number of hydrogen-bond donors (Lipinski definition) is 1. The summed E-state index contributed by atoms with van der Waals surface area (Å²) in [4.78, 5) is 32.3. The van der Waals surface area contributed by atoms with Crippen LogP contribution in [0.15, 0.2) is 10.2 Å². The Morgan fingerprint density at radius 2 is 0.709 bits per heavy atom. The number of carbonyl (C=O) groups excluding carboxylic acids is 2. The summed E-state index contributed by atoms with van der Waals surface area (Å²) in [7, 11) is 8.82. The van der Waals surface area contributed by atoms with Crippen LogP contribution in [0.4, 0.5) is 9.59 Å². The Kier molecular flexibility index (Phi) is 65.9. The largest absolute Gasteiger partial charge is 0.500 e. The van der Waals surface area contributed by atoms with Gasteiger partial charge in [-0.05, 0) is 84.1 Å². The van der Waals surface area contributed by atoms with Crippen molar-refractivity contribution in [1.29, 1.82) is 0 Å². The molecule has 0 aliphatic rings. The summed E-state index contributed by atoms with van der Waals surface area (Å²) in [5, 5.41) is 10.1. The van der Waals surface area contributed by atoms with E-state index in [0.29, 0.717) is 129 Å². The zero-order valence-electron chi connectivity index (χ0n) is 55.1. The molecule has 0 aliphatic heterocycles. The highest BCUT2D eigenvalue weighted by molar-refractivity contribution is 6.62. The molecule has 0 heterocycles. The summed E-state index contributed by atoms with van der Waals surface area (Å²) >= 11 is 4.94. The molecule has 0 aliphatic carbocycles. The van der Waals surface area contributed by atoms with Gasteiger partial charge in [0.05, 0.1) is 79.3 Å². The first-order chi connectivity index (χ1) is 41.3. The van der Waals surface area contributed by atoms with Gasteiger partial charge in [-0.2, -0.15) is 0 Å². The van der Waals surface area contributed by atoms with Crippen LogP contribution in [-0.2, 0) is 91.0 Å². The third kappa shape index (κ3) is 49.5. The van der Waals surface area contributed by atoms with E-state index in [0.717, 1.165) is 44.6 Å². The fourth-order valence-electron chi connectivity index (χ4n) is 7.65. The van der Waals surface area contributed by atoms with E-state index in [1.807, 2.05) is 0 Å². The number of nitrogens with zero attached hydrogens (tertiary/aromatic N) is 8. The molecule has 0 saturated carbocycles. The Morgan fingerprint density at radius 1 is 0.442 bits per heavy atom. The summed E-state index contributed by atoms with van der Waals surface area (Å²) in [5.41, 5.74) is 15.3. The third-order valence-electron chi connectivity index (χ3n) is 12.4. The van der Waals surface area contributed by atoms with Crippen LogP contribution < -0.4 is 5.32 Å². The first kappa shape index (κ1) is 90.1. The number of ether oxygens (including phenoxy) is 8. The summed E-state index contributed by atoms with van der Waals surface area (Å²) in [5.74, 6) is 0. The Morgan fingerprint density at radius 3 is 0.953 bits per heavy atom. The summed E-state index contributed by atoms with van der Waals surface area (Å²) in [6.07, 6.45) is 2.68. The second-order valence-corrected chi connectivity index (χ2v) is 30.8. The van der Waals surface area contributed by atoms with Gasteiger partial charge in [0.15, 0.2) is 0 Å². The quantitative estimate of drug-likeness (QED) is 0.0156. The summed E-state index contributed by atoms with van der Waals surface area (Å²) < 4.78 is 106. The fourth-order valence-corrected chi connectivity index (χ4v) is 14.6. The third-order valence-corrected chi connectivity index (χ3v) is 23.8. The normalized spacial score (nSPS) is 11.7. The lowest BCUT2D eigenvalue weighted by Crippen LogP contribution is -2.45. The SMILES string of the molecule is CCN(C(C)C)C(C)C.CO[Si](CCCN(CCC[Si](OC)(OC)OC)C(=O)OCCOCCOCCOCCN=[N+]=[N-])(OC)OC.CO[Si](CCCNCCC[Si](OC)(OC)OC)(OC)OC.[N-]=[N+]=NCCOCCOCCOCCOC(=O)Cl. The van der Waals surface area contributed by atoms with Crippen LogP contribution in [0.1, 0.15) is 60.3 Å². The molecule has 0 fully saturated rings. The van der Waals surface area contributed by atoms with Crippen molar-refractivity contribution in [2.24, 2.45) is 10.2 Å². The standard InChI is InChI=1S/C21H46N4O11Si2.C12H31NO6Si2.C9H16ClN3O5.C8H19N/c1-27-37(28-2,29-3)19-7-10-25(11-8-20-38(30-4,31-5)32-6)21(26)36-18-17-35-16-15-34-14-13-33-12-9-23-24-22;1-14-20(15-2,16-3)11-7-9-13-10-8-12-21(17-4,18-5)19-6;10-9(14)18-8-7-17-6-5-16-4-3-15-2-1-12-13-11;1-6-9(7(2)3)8(4)5/h7-20H2,1-6H3;13H,7-12H2,1-6H3;1-8H2;7-8H,6H2,1-5H3. The average molecular weight is 1340 g/mol. The van der Waals surface area contributed by atoms with E-state index in [9.17, 15) is 9.59 Å². The maximum Gasteiger partial charge on any atom is 0.500 e. The minimum Gasteiger partial charge on any atom is -0.451 e. The molecule has 0 radical (unpaired) electrons. The Balaban J connectivity index is -0.000000587. The van der Waals surface area contributed by atoms with E-state index < -0.39 is 46.7 Å². The van der Waals surface area contributed by atoms with E-state index >= 15 is 0 Å². The van der Waals surface area contributed by atoms with Gasteiger partial charge in [-0.15, -0.1) is 0 Å². The Hall–Kier alpha value is -2.28. The highest BCUT2D eigenvalue weighted by atomic mass is 35.5. The minimum atomic E-state index is -2.75. The van der Waals surface area contributed by atoms with Crippen molar-refractivity contribution < 1.29 is 101 Å². The van der Waals surface area contributed by atoms with E-state index in [1.165, 1.54) is 0 Å². The van der Waals surface area contributed by atoms with Crippen molar-refractivity contribution in [3.63, 3.8) is 0 Å². The van der Waals surface area contributed by atoms with Gasteiger partial charge < -0.3 is 101 Å². The van der Waals surface area contributed by atoms with Crippen molar-refractivity contribution in [3.05, 3.63) is 20.9 Å². The van der Waals surface area contributed by atoms with Gasteiger partial charge in [-0.1, -0.05) is 17.2 Å². The molecule has 36 heteroatoms. The topological polar surface area (TPSA) is 335 Å². The Labute approximate surface area is 523 Å². The van der Waals surface area contributed by atoms with E-state index in [-0.39, 0.29) is 26.4 Å². The van der Waals surface area contributed by atoms with Gasteiger partial charge in [-0.3, -0.25) is 4.90 Å². The molecule has 0 spiro atoms. The molecule has 0 aromatic heterocycles. The zero-order chi connectivity index (χ0) is 65.6. The molecule has 86 heavy (non-hydrogen) atoms. The predicted molar refractivity (Wildman–Crippen MR) is 333 cm³/mol. The van der Waals surface area contributed by atoms with E-state index in [1.54, 1.807) is 90.2 Å². The maximum absolute atomic E-state index is 12.8. The molecule has 0 unspecified atom stereocenters. The first-order valence-corrected chi connectivity index (χ1v) is 36.8. The molecule has 512 valence electrons. The summed E-state index contributed by atoms with van der Waals surface area (Å²) in [6.45, 7) is 20.4. The number of rotatable bonds is 55. The number of nitrogens with one attached hydrogen (secondary N) is 1. The van der Waals surface area contributed by atoms with Gasteiger partial charge in [0.25, 0.3) is 0 Å². The van der Waals surface area contributed by atoms with Crippen molar-refractivity contribution in [2.75, 3.05) is 224 Å². The smallest absolute Gasteiger partial charge is 0.451 e. The molecule has 0 saturated heterocycles. The minimum absolute atomic E-state index is 0.109. The van der Waals surface area contributed by atoms with Crippen molar-refractivity contribution in [2.45, 2.75) is 96.6 Å². The molecular formula is C50H112ClN9O22Si4. The first-order valence-electron chi connectivity index (χ1n) is 28.7. The highest BCUT2D eigenvalue weighted by Gasteiger charge is 2.40. The summed E-state index contributed by atoms with van der Waals surface area (Å²) in [6, 6.07) is 4.09. The second-order valence-electron chi connectivity index (χ2n) is 18.1.